The molecule has 0 aliphatic heterocycles. The third kappa shape index (κ3) is 2.58. The molecule has 2 rings (SSSR count). The minimum absolute atomic E-state index is 0.0777. The highest BCUT2D eigenvalue weighted by Gasteiger charge is 2.37. The molecule has 100 valence electrons. The fourth-order valence-electron chi connectivity index (χ4n) is 2.86. The van der Waals surface area contributed by atoms with Crippen molar-refractivity contribution in [2.75, 3.05) is 14.2 Å². The summed E-state index contributed by atoms with van der Waals surface area (Å²) >= 11 is 0. The molecule has 1 aliphatic rings. The van der Waals surface area contributed by atoms with E-state index in [1.807, 2.05) is 12.1 Å². The standard InChI is InChI=1S/C15H22O3/c1-17-14-6-8-15(18-2,9-7-14)13-5-3-4-12(10-13)11-16/h3-5,10,14,16H,6-9,11H2,1-2H3/t14-,15-. The first-order valence-corrected chi connectivity index (χ1v) is 6.52. The first-order chi connectivity index (χ1) is 8.74. The van der Waals surface area contributed by atoms with Gasteiger partial charge in [0.05, 0.1) is 18.3 Å². The van der Waals surface area contributed by atoms with Gasteiger partial charge in [-0.15, -0.1) is 0 Å². The van der Waals surface area contributed by atoms with Crippen molar-refractivity contribution in [2.24, 2.45) is 0 Å². The molecule has 3 heteroatoms. The van der Waals surface area contributed by atoms with Crippen molar-refractivity contribution in [1.82, 2.24) is 0 Å². The van der Waals surface area contributed by atoms with Gasteiger partial charge in [0.1, 0.15) is 0 Å². The van der Waals surface area contributed by atoms with Gasteiger partial charge in [0.15, 0.2) is 0 Å². The average molecular weight is 250 g/mol. The summed E-state index contributed by atoms with van der Waals surface area (Å²) in [6.07, 6.45) is 4.34. The summed E-state index contributed by atoms with van der Waals surface area (Å²) in [4.78, 5) is 0. The van der Waals surface area contributed by atoms with E-state index in [0.717, 1.165) is 31.2 Å². The van der Waals surface area contributed by atoms with E-state index in [1.165, 1.54) is 5.56 Å². The van der Waals surface area contributed by atoms with Gasteiger partial charge in [-0.2, -0.15) is 0 Å². The second-order valence-electron chi connectivity index (χ2n) is 4.99. The zero-order valence-corrected chi connectivity index (χ0v) is 11.2. The number of hydrogen-bond acceptors (Lipinski definition) is 3. The van der Waals surface area contributed by atoms with Crippen LogP contribution in [0.1, 0.15) is 36.8 Å². The molecule has 0 saturated heterocycles. The van der Waals surface area contributed by atoms with Crippen LogP contribution in [0.15, 0.2) is 24.3 Å². The molecule has 1 fully saturated rings. The first kappa shape index (κ1) is 13.5. The zero-order valence-electron chi connectivity index (χ0n) is 11.2. The van der Waals surface area contributed by atoms with E-state index in [1.54, 1.807) is 14.2 Å². The molecule has 0 bridgehead atoms. The van der Waals surface area contributed by atoms with Crippen molar-refractivity contribution >= 4 is 0 Å². The van der Waals surface area contributed by atoms with Gasteiger partial charge in [-0.1, -0.05) is 24.3 Å². The SMILES string of the molecule is CO[C@H]1CC[C@@](OC)(c2cccc(CO)c2)CC1. The lowest BCUT2D eigenvalue weighted by molar-refractivity contribution is -0.0762. The molecular formula is C15H22O3. The molecule has 0 unspecified atom stereocenters. The number of aliphatic hydroxyl groups excluding tert-OH is 1. The van der Waals surface area contributed by atoms with Crippen LogP contribution in [0.4, 0.5) is 0 Å². The van der Waals surface area contributed by atoms with Crippen molar-refractivity contribution < 1.29 is 14.6 Å². The molecule has 0 heterocycles. The van der Waals surface area contributed by atoms with Crippen molar-refractivity contribution in [3.8, 4) is 0 Å². The second-order valence-corrected chi connectivity index (χ2v) is 4.99. The molecule has 1 N–H and O–H groups in total. The normalized spacial score (nSPS) is 28.3. The maximum atomic E-state index is 9.24. The summed E-state index contributed by atoms with van der Waals surface area (Å²) in [6, 6.07) is 8.07. The van der Waals surface area contributed by atoms with E-state index in [9.17, 15) is 5.11 Å². The molecule has 0 spiro atoms. The van der Waals surface area contributed by atoms with Gasteiger partial charge < -0.3 is 14.6 Å². The van der Waals surface area contributed by atoms with Crippen LogP contribution in [0.25, 0.3) is 0 Å². The highest BCUT2D eigenvalue weighted by molar-refractivity contribution is 5.28. The van der Waals surface area contributed by atoms with E-state index < -0.39 is 0 Å². The Morgan fingerprint density at radius 3 is 2.56 bits per heavy atom. The number of aliphatic hydroxyl groups is 1. The number of rotatable bonds is 4. The molecule has 1 aromatic rings. The molecule has 0 radical (unpaired) electrons. The Morgan fingerprint density at radius 2 is 2.00 bits per heavy atom. The third-order valence-corrected chi connectivity index (χ3v) is 4.10. The van der Waals surface area contributed by atoms with Gasteiger partial charge in [0.2, 0.25) is 0 Å². The molecule has 0 atom stereocenters. The molecule has 3 nitrogen and oxygen atoms in total. The number of hydrogen-bond donors (Lipinski definition) is 1. The van der Waals surface area contributed by atoms with Gasteiger partial charge in [0.25, 0.3) is 0 Å². The van der Waals surface area contributed by atoms with Crippen molar-refractivity contribution in [1.29, 1.82) is 0 Å². The number of methoxy groups -OCH3 is 2. The van der Waals surface area contributed by atoms with Crippen LogP contribution < -0.4 is 0 Å². The van der Waals surface area contributed by atoms with Crippen LogP contribution >= 0.6 is 0 Å². The van der Waals surface area contributed by atoms with E-state index in [4.69, 9.17) is 9.47 Å². The Kier molecular flexibility index (Phi) is 4.38. The van der Waals surface area contributed by atoms with E-state index in [0.29, 0.717) is 6.10 Å². The summed E-state index contributed by atoms with van der Waals surface area (Å²) in [5, 5.41) is 9.24. The van der Waals surface area contributed by atoms with E-state index in [2.05, 4.69) is 12.1 Å². The van der Waals surface area contributed by atoms with Crippen LogP contribution in [0.5, 0.6) is 0 Å². The van der Waals surface area contributed by atoms with Crippen LogP contribution in [0.3, 0.4) is 0 Å². The van der Waals surface area contributed by atoms with Crippen molar-refractivity contribution in [3.63, 3.8) is 0 Å². The third-order valence-electron chi connectivity index (χ3n) is 4.10. The Hall–Kier alpha value is -0.900. The van der Waals surface area contributed by atoms with Crippen LogP contribution in [-0.2, 0) is 21.7 Å². The van der Waals surface area contributed by atoms with Crippen LogP contribution in [0.2, 0.25) is 0 Å². The van der Waals surface area contributed by atoms with Gasteiger partial charge in [-0.25, -0.2) is 0 Å². The Bertz CT molecular complexity index is 381. The first-order valence-electron chi connectivity index (χ1n) is 6.52. The summed E-state index contributed by atoms with van der Waals surface area (Å²) < 4.78 is 11.2. The molecule has 1 aliphatic carbocycles. The second kappa shape index (κ2) is 5.83. The smallest absolute Gasteiger partial charge is 0.0929 e. The van der Waals surface area contributed by atoms with Gasteiger partial charge in [-0.05, 0) is 36.8 Å². The molecule has 1 saturated carbocycles. The van der Waals surface area contributed by atoms with Gasteiger partial charge in [-0.3, -0.25) is 0 Å². The minimum Gasteiger partial charge on any atom is -0.392 e. The molecule has 1 aromatic carbocycles. The lowest BCUT2D eigenvalue weighted by Crippen LogP contribution is -2.36. The molecule has 0 aromatic heterocycles. The topological polar surface area (TPSA) is 38.7 Å². The summed E-state index contributed by atoms with van der Waals surface area (Å²) in [7, 11) is 3.55. The predicted molar refractivity (Wildman–Crippen MR) is 70.3 cm³/mol. The molecule has 0 amide bonds. The molecular weight excluding hydrogens is 228 g/mol. The zero-order chi connectivity index (χ0) is 13.0. The Balaban J connectivity index is 2.21. The largest absolute Gasteiger partial charge is 0.392 e. The summed E-state index contributed by atoms with van der Waals surface area (Å²) in [6.45, 7) is 0.0777. The Labute approximate surface area is 109 Å². The van der Waals surface area contributed by atoms with Crippen LogP contribution in [0, 0.1) is 0 Å². The fourth-order valence-corrected chi connectivity index (χ4v) is 2.86. The quantitative estimate of drug-likeness (QED) is 0.892. The predicted octanol–water partition coefficient (Wildman–Crippen LogP) is 2.61. The minimum atomic E-state index is -0.208. The maximum absolute atomic E-state index is 9.24. The number of benzene rings is 1. The van der Waals surface area contributed by atoms with Gasteiger partial charge in [0, 0.05) is 14.2 Å². The average Bonchev–Trinajstić information content (AvgIpc) is 2.47. The monoisotopic (exact) mass is 250 g/mol. The summed E-state index contributed by atoms with van der Waals surface area (Å²) in [5.74, 6) is 0. The lowest BCUT2D eigenvalue weighted by Gasteiger charge is -2.39. The Morgan fingerprint density at radius 1 is 1.28 bits per heavy atom. The highest BCUT2D eigenvalue weighted by Crippen LogP contribution is 2.40. The van der Waals surface area contributed by atoms with E-state index >= 15 is 0 Å². The highest BCUT2D eigenvalue weighted by atomic mass is 16.5. The molecule has 18 heavy (non-hydrogen) atoms. The fraction of sp³-hybridized carbons (Fsp3) is 0.600. The van der Waals surface area contributed by atoms with Crippen LogP contribution in [-0.4, -0.2) is 25.4 Å². The van der Waals surface area contributed by atoms with Crippen molar-refractivity contribution in [3.05, 3.63) is 35.4 Å². The number of ether oxygens (including phenoxy) is 2. The van der Waals surface area contributed by atoms with E-state index in [-0.39, 0.29) is 12.2 Å². The van der Waals surface area contributed by atoms with Gasteiger partial charge >= 0.3 is 0 Å². The summed E-state index contributed by atoms with van der Waals surface area (Å²) in [5.41, 5.74) is 1.91. The van der Waals surface area contributed by atoms with Crippen molar-refractivity contribution in [2.45, 2.75) is 44.0 Å². The maximum Gasteiger partial charge on any atom is 0.0929 e. The lowest BCUT2D eigenvalue weighted by atomic mass is 9.78.